The third-order valence-corrected chi connectivity index (χ3v) is 5.82. The maximum absolute atomic E-state index is 12.6. The Morgan fingerprint density at radius 2 is 2.06 bits per heavy atom. The normalized spacial score (nSPS) is 16.0. The molecule has 4 heterocycles. The number of rotatable bonds is 5. The number of ether oxygens (including phenoxy) is 1. The Balaban J connectivity index is 1.49. The highest BCUT2D eigenvalue weighted by molar-refractivity contribution is 5.92. The van der Waals surface area contributed by atoms with Crippen LogP contribution in [0.25, 0.3) is 22.2 Å². The lowest BCUT2D eigenvalue weighted by Crippen LogP contribution is -2.37. The van der Waals surface area contributed by atoms with Crippen LogP contribution in [0.1, 0.15) is 12.8 Å². The summed E-state index contributed by atoms with van der Waals surface area (Å²) in [4.78, 5) is 23.6. The highest BCUT2D eigenvalue weighted by Gasteiger charge is 2.27. The van der Waals surface area contributed by atoms with E-state index in [1.165, 1.54) is 0 Å². The monoisotopic (exact) mass is 413 g/mol. The van der Waals surface area contributed by atoms with Crippen LogP contribution in [-0.4, -0.2) is 39.4 Å². The number of nitrogens with zero attached hydrogens (tertiary/aromatic N) is 5. The number of aromatic nitrogens is 4. The van der Waals surface area contributed by atoms with Gasteiger partial charge in [0.2, 0.25) is 0 Å². The molecular weight excluding hydrogens is 390 g/mol. The van der Waals surface area contributed by atoms with Crippen molar-refractivity contribution in [3.8, 4) is 17.0 Å². The van der Waals surface area contributed by atoms with Gasteiger partial charge in [0.1, 0.15) is 5.75 Å². The summed E-state index contributed by atoms with van der Waals surface area (Å²) in [7, 11) is 1.67. The molecular formula is C24H23N5O2. The minimum Gasteiger partial charge on any atom is -0.497 e. The molecule has 1 aliphatic heterocycles. The van der Waals surface area contributed by atoms with Gasteiger partial charge in [-0.3, -0.25) is 14.8 Å². The molecule has 7 nitrogen and oxygen atoms in total. The Morgan fingerprint density at radius 1 is 1.13 bits per heavy atom. The highest BCUT2D eigenvalue weighted by atomic mass is 16.5. The van der Waals surface area contributed by atoms with Crippen molar-refractivity contribution in [1.82, 2.24) is 19.7 Å². The lowest BCUT2D eigenvalue weighted by molar-refractivity contribution is 0.415. The predicted molar refractivity (Wildman–Crippen MR) is 120 cm³/mol. The lowest BCUT2D eigenvalue weighted by atomic mass is 10.1. The molecule has 1 unspecified atom stereocenters. The Morgan fingerprint density at radius 3 is 2.90 bits per heavy atom. The molecule has 7 heteroatoms. The topological polar surface area (TPSA) is 73.1 Å². The molecule has 0 spiro atoms. The van der Waals surface area contributed by atoms with Gasteiger partial charge in [-0.1, -0.05) is 0 Å². The Kier molecular flexibility index (Phi) is 5.08. The summed E-state index contributed by atoms with van der Waals surface area (Å²) < 4.78 is 7.01. The van der Waals surface area contributed by atoms with Crippen LogP contribution in [0.5, 0.6) is 5.75 Å². The predicted octanol–water partition coefficient (Wildman–Crippen LogP) is 3.53. The Labute approximate surface area is 180 Å². The molecule has 1 aromatic carbocycles. The summed E-state index contributed by atoms with van der Waals surface area (Å²) in [5.41, 5.74) is 3.59. The second-order valence-electron chi connectivity index (χ2n) is 7.68. The zero-order valence-electron chi connectivity index (χ0n) is 17.3. The first kappa shape index (κ1) is 19.2. The van der Waals surface area contributed by atoms with Crippen LogP contribution < -0.4 is 15.2 Å². The first-order valence-electron chi connectivity index (χ1n) is 10.4. The van der Waals surface area contributed by atoms with Gasteiger partial charge >= 0.3 is 0 Å². The van der Waals surface area contributed by atoms with E-state index in [4.69, 9.17) is 4.74 Å². The second kappa shape index (κ2) is 8.18. The molecule has 1 fully saturated rings. The fourth-order valence-corrected chi connectivity index (χ4v) is 4.28. The number of hydrogen-bond acceptors (Lipinski definition) is 6. The number of hydrogen-bond donors (Lipinski definition) is 0. The van der Waals surface area contributed by atoms with E-state index in [0.717, 1.165) is 53.0 Å². The van der Waals surface area contributed by atoms with Crippen LogP contribution in [0.4, 0.5) is 5.69 Å². The largest absolute Gasteiger partial charge is 0.497 e. The molecule has 0 radical (unpaired) electrons. The molecule has 0 aliphatic carbocycles. The van der Waals surface area contributed by atoms with Gasteiger partial charge in [0.15, 0.2) is 0 Å². The molecule has 1 saturated heterocycles. The van der Waals surface area contributed by atoms with Gasteiger partial charge in [-0.25, -0.2) is 4.68 Å². The number of methoxy groups -OCH3 is 1. The molecule has 0 bridgehead atoms. The molecule has 0 N–H and O–H groups in total. The van der Waals surface area contributed by atoms with E-state index < -0.39 is 0 Å². The summed E-state index contributed by atoms with van der Waals surface area (Å²) in [6.45, 7) is 1.46. The summed E-state index contributed by atoms with van der Waals surface area (Å²) in [6, 6.07) is 15.3. The number of anilines is 1. The van der Waals surface area contributed by atoms with Gasteiger partial charge in [0, 0.05) is 53.9 Å². The average Bonchev–Trinajstić information content (AvgIpc) is 3.28. The van der Waals surface area contributed by atoms with Gasteiger partial charge in [0.25, 0.3) is 5.56 Å². The third-order valence-electron chi connectivity index (χ3n) is 5.82. The fourth-order valence-electron chi connectivity index (χ4n) is 4.28. The first-order chi connectivity index (χ1) is 15.2. The van der Waals surface area contributed by atoms with Crippen molar-refractivity contribution < 1.29 is 4.74 Å². The summed E-state index contributed by atoms with van der Waals surface area (Å²) in [6.07, 6.45) is 7.39. The molecule has 3 aromatic heterocycles. The van der Waals surface area contributed by atoms with Crippen LogP contribution in [0.3, 0.4) is 0 Å². The van der Waals surface area contributed by atoms with Crippen LogP contribution >= 0.6 is 0 Å². The summed E-state index contributed by atoms with van der Waals surface area (Å²) >= 11 is 0. The molecule has 4 aromatic rings. The highest BCUT2D eigenvalue weighted by Crippen LogP contribution is 2.33. The Hall–Kier alpha value is -3.74. The quantitative estimate of drug-likeness (QED) is 0.498. The Bertz CT molecular complexity index is 1270. The van der Waals surface area contributed by atoms with Crippen molar-refractivity contribution in [2.24, 2.45) is 0 Å². The van der Waals surface area contributed by atoms with Crippen LogP contribution in [-0.2, 0) is 6.54 Å². The van der Waals surface area contributed by atoms with E-state index in [1.807, 2.05) is 42.6 Å². The van der Waals surface area contributed by atoms with Crippen LogP contribution in [0, 0.1) is 0 Å². The lowest BCUT2D eigenvalue weighted by Gasteiger charge is -2.28. The maximum Gasteiger partial charge on any atom is 0.266 e. The first-order valence-corrected chi connectivity index (χ1v) is 10.4. The van der Waals surface area contributed by atoms with Crippen LogP contribution in [0.2, 0.25) is 0 Å². The van der Waals surface area contributed by atoms with Crippen molar-refractivity contribution in [3.05, 3.63) is 77.5 Å². The van der Waals surface area contributed by atoms with Crippen molar-refractivity contribution >= 4 is 16.6 Å². The molecule has 156 valence electrons. The maximum atomic E-state index is 12.6. The van der Waals surface area contributed by atoms with Crippen molar-refractivity contribution in [1.29, 1.82) is 0 Å². The number of pyridine rings is 2. The minimum absolute atomic E-state index is 0.0965. The van der Waals surface area contributed by atoms with Gasteiger partial charge < -0.3 is 9.64 Å². The van der Waals surface area contributed by atoms with Crippen molar-refractivity contribution in [2.75, 3.05) is 18.6 Å². The summed E-state index contributed by atoms with van der Waals surface area (Å²) in [5, 5.41) is 5.68. The van der Waals surface area contributed by atoms with Gasteiger partial charge in [-0.05, 0) is 55.3 Å². The number of fused-ring (bicyclic) bond motifs is 1. The molecule has 0 saturated carbocycles. The average molecular weight is 413 g/mol. The molecule has 31 heavy (non-hydrogen) atoms. The van der Waals surface area contributed by atoms with E-state index in [0.29, 0.717) is 6.54 Å². The summed E-state index contributed by atoms with van der Waals surface area (Å²) in [5.74, 6) is 0.805. The zero-order chi connectivity index (χ0) is 21.2. The van der Waals surface area contributed by atoms with E-state index in [1.54, 1.807) is 36.3 Å². The van der Waals surface area contributed by atoms with Crippen LogP contribution in [0.15, 0.2) is 71.9 Å². The molecule has 5 rings (SSSR count). The van der Waals surface area contributed by atoms with E-state index in [-0.39, 0.29) is 11.6 Å². The molecule has 0 amide bonds. The fraction of sp³-hybridized carbons (Fsp3) is 0.250. The minimum atomic E-state index is -0.0965. The van der Waals surface area contributed by atoms with Gasteiger partial charge in [-0.15, -0.1) is 0 Å². The zero-order valence-corrected chi connectivity index (χ0v) is 17.3. The van der Waals surface area contributed by atoms with Crippen molar-refractivity contribution in [3.63, 3.8) is 0 Å². The smallest absolute Gasteiger partial charge is 0.266 e. The van der Waals surface area contributed by atoms with E-state index in [2.05, 4.69) is 20.0 Å². The molecule has 1 atom stereocenters. The third kappa shape index (κ3) is 3.74. The number of benzene rings is 1. The molecule has 1 aliphatic rings. The van der Waals surface area contributed by atoms with Crippen molar-refractivity contribution in [2.45, 2.75) is 25.4 Å². The van der Waals surface area contributed by atoms with Gasteiger partial charge in [-0.2, -0.15) is 5.10 Å². The van der Waals surface area contributed by atoms with E-state index >= 15 is 0 Å². The second-order valence-corrected chi connectivity index (χ2v) is 7.68. The standard InChI is InChI=1S/C24H23N5O2/c1-31-19-6-7-22-20(14-19)23(10-12-26-22)28-13-3-5-18(28)16-29-24(30)9-8-21(27-29)17-4-2-11-25-15-17/h2,4,6-12,14-15,18H,3,5,13,16H2,1H3. The SMILES string of the molecule is COc1ccc2nccc(N3CCCC3Cn3nc(-c4cccnc4)ccc3=O)c2c1. The van der Waals surface area contributed by atoms with Gasteiger partial charge in [0.05, 0.1) is 24.9 Å². The van der Waals surface area contributed by atoms with E-state index in [9.17, 15) is 4.79 Å².